The molecule has 0 bridgehead atoms. The summed E-state index contributed by atoms with van der Waals surface area (Å²) in [6.07, 6.45) is -0.730. The van der Waals surface area contributed by atoms with Crippen molar-refractivity contribution in [2.24, 2.45) is 5.16 Å². The molecule has 3 N–H and O–H groups in total. The van der Waals surface area contributed by atoms with Crippen LogP contribution in [0.4, 0.5) is 4.39 Å². The molecule has 0 amide bonds. The third kappa shape index (κ3) is 4.74. The maximum Gasteiger partial charge on any atom is 0.170 e. The van der Waals surface area contributed by atoms with Gasteiger partial charge in [-0.3, -0.25) is 0 Å². The first-order valence-corrected chi connectivity index (χ1v) is 8.22. The monoisotopic (exact) mass is 405 g/mol. The lowest BCUT2D eigenvalue weighted by molar-refractivity contribution is 0.113. The Morgan fingerprint density at radius 2 is 2.22 bits per heavy atom. The highest BCUT2D eigenvalue weighted by Crippen LogP contribution is 2.23. The Kier molecular flexibility index (Phi) is 6.51. The summed E-state index contributed by atoms with van der Waals surface area (Å²) in [4.78, 5) is 0. The van der Waals surface area contributed by atoms with Gasteiger partial charge in [-0.1, -0.05) is 23.0 Å². The predicted molar refractivity (Wildman–Crippen MR) is 84.2 cm³/mol. The van der Waals surface area contributed by atoms with Crippen LogP contribution in [0.3, 0.4) is 0 Å². The molecule has 0 saturated carbocycles. The number of oxime groups is 1. The van der Waals surface area contributed by atoms with E-state index in [1.165, 1.54) is 6.07 Å². The van der Waals surface area contributed by atoms with E-state index in [0.29, 0.717) is 15.1 Å². The first kappa shape index (κ1) is 17.9. The van der Waals surface area contributed by atoms with E-state index in [0.717, 1.165) is 11.8 Å². The minimum Gasteiger partial charge on any atom is -0.411 e. The molecule has 1 aromatic heterocycles. The SMILES string of the molecule is OCC(O)CSc1nonc1/C(Cc1ccc(F)c(Br)c1)=N/O. The molecule has 124 valence electrons. The van der Waals surface area contributed by atoms with Crippen LogP contribution in [0.1, 0.15) is 11.3 Å². The second-order valence-electron chi connectivity index (χ2n) is 4.54. The number of aromatic nitrogens is 2. The van der Waals surface area contributed by atoms with Crippen molar-refractivity contribution in [1.29, 1.82) is 0 Å². The third-order valence-corrected chi connectivity index (χ3v) is 4.53. The van der Waals surface area contributed by atoms with Crippen LogP contribution in [0.25, 0.3) is 0 Å². The zero-order valence-corrected chi connectivity index (χ0v) is 14.1. The molecule has 1 heterocycles. The van der Waals surface area contributed by atoms with Gasteiger partial charge in [-0.25, -0.2) is 9.02 Å². The molecule has 2 aromatic rings. The van der Waals surface area contributed by atoms with Crippen molar-refractivity contribution in [2.75, 3.05) is 12.4 Å². The maximum atomic E-state index is 13.3. The number of aliphatic hydroxyl groups excluding tert-OH is 2. The lowest BCUT2D eigenvalue weighted by atomic mass is 10.1. The number of nitrogens with zero attached hydrogens (tertiary/aromatic N) is 3. The topological polar surface area (TPSA) is 112 Å². The highest BCUT2D eigenvalue weighted by molar-refractivity contribution is 9.10. The van der Waals surface area contributed by atoms with E-state index in [2.05, 4.69) is 36.0 Å². The normalized spacial score (nSPS) is 13.3. The quantitative estimate of drug-likeness (QED) is 0.278. The van der Waals surface area contributed by atoms with Gasteiger partial charge in [0, 0.05) is 12.2 Å². The van der Waals surface area contributed by atoms with E-state index in [1.54, 1.807) is 12.1 Å². The van der Waals surface area contributed by atoms with E-state index in [4.69, 9.17) is 5.11 Å². The van der Waals surface area contributed by atoms with Crippen LogP contribution in [-0.2, 0) is 6.42 Å². The van der Waals surface area contributed by atoms with Crippen molar-refractivity contribution in [3.8, 4) is 0 Å². The lowest BCUT2D eigenvalue weighted by Gasteiger charge is -2.06. The van der Waals surface area contributed by atoms with Gasteiger partial charge in [0.05, 0.1) is 17.2 Å². The number of aliphatic hydroxyl groups is 2. The van der Waals surface area contributed by atoms with Crippen LogP contribution in [0, 0.1) is 5.82 Å². The average Bonchev–Trinajstić information content (AvgIpc) is 3.01. The number of hydrogen-bond acceptors (Lipinski definition) is 8. The van der Waals surface area contributed by atoms with Gasteiger partial charge in [-0.05, 0) is 43.9 Å². The second-order valence-corrected chi connectivity index (χ2v) is 6.40. The summed E-state index contributed by atoms with van der Waals surface area (Å²) in [6.45, 7) is -0.377. The molecule has 1 atom stereocenters. The summed E-state index contributed by atoms with van der Waals surface area (Å²) < 4.78 is 18.2. The van der Waals surface area contributed by atoms with E-state index >= 15 is 0 Å². The molecular formula is C13H13BrFN3O4S. The third-order valence-electron chi connectivity index (χ3n) is 2.83. The molecule has 1 aromatic carbocycles. The largest absolute Gasteiger partial charge is 0.411 e. The van der Waals surface area contributed by atoms with Crippen LogP contribution in [0.15, 0.2) is 37.5 Å². The highest BCUT2D eigenvalue weighted by atomic mass is 79.9. The Hall–Kier alpha value is -1.49. The van der Waals surface area contributed by atoms with Crippen molar-refractivity contribution < 1.29 is 24.4 Å². The number of rotatable bonds is 7. The van der Waals surface area contributed by atoms with Crippen LogP contribution in [0.2, 0.25) is 0 Å². The smallest absolute Gasteiger partial charge is 0.170 e. The van der Waals surface area contributed by atoms with Gasteiger partial charge in [-0.2, -0.15) is 0 Å². The number of benzene rings is 1. The fourth-order valence-electron chi connectivity index (χ4n) is 1.69. The van der Waals surface area contributed by atoms with E-state index in [9.17, 15) is 14.7 Å². The Bertz CT molecular complexity index is 698. The molecule has 7 nitrogen and oxygen atoms in total. The van der Waals surface area contributed by atoms with Gasteiger partial charge >= 0.3 is 0 Å². The number of halogens is 2. The second kappa shape index (κ2) is 8.39. The minimum absolute atomic E-state index is 0.179. The molecule has 0 aliphatic carbocycles. The van der Waals surface area contributed by atoms with Crippen molar-refractivity contribution in [1.82, 2.24) is 10.3 Å². The lowest BCUT2D eigenvalue weighted by Crippen LogP contribution is -2.15. The molecule has 0 radical (unpaired) electrons. The van der Waals surface area contributed by atoms with Crippen LogP contribution >= 0.6 is 27.7 Å². The zero-order chi connectivity index (χ0) is 16.8. The molecule has 0 fully saturated rings. The molecular weight excluding hydrogens is 393 g/mol. The summed E-state index contributed by atoms with van der Waals surface area (Å²) in [5.74, 6) is -0.216. The average molecular weight is 406 g/mol. The van der Waals surface area contributed by atoms with Crippen molar-refractivity contribution in [2.45, 2.75) is 17.6 Å². The van der Waals surface area contributed by atoms with E-state index in [1.807, 2.05) is 0 Å². The van der Waals surface area contributed by atoms with Crippen LogP contribution in [-0.4, -0.2) is 49.9 Å². The van der Waals surface area contributed by atoms with E-state index < -0.39 is 11.9 Å². The number of hydrogen-bond donors (Lipinski definition) is 3. The molecule has 0 aliphatic heterocycles. The van der Waals surface area contributed by atoms with E-state index in [-0.39, 0.29) is 30.2 Å². The summed E-state index contributed by atoms with van der Waals surface area (Å²) in [6, 6.07) is 4.42. The number of thioether (sulfide) groups is 1. The van der Waals surface area contributed by atoms with Gasteiger partial charge < -0.3 is 15.4 Å². The van der Waals surface area contributed by atoms with Crippen molar-refractivity contribution in [3.63, 3.8) is 0 Å². The maximum absolute atomic E-state index is 13.3. The fraction of sp³-hybridized carbons (Fsp3) is 0.308. The van der Waals surface area contributed by atoms with Gasteiger partial charge in [0.15, 0.2) is 10.7 Å². The molecule has 0 saturated heterocycles. The molecule has 23 heavy (non-hydrogen) atoms. The fourth-order valence-corrected chi connectivity index (χ4v) is 2.95. The molecule has 0 aliphatic rings. The molecule has 2 rings (SSSR count). The molecule has 0 spiro atoms. The molecule has 10 heteroatoms. The molecule has 1 unspecified atom stereocenters. The first-order chi connectivity index (χ1) is 11.0. The Morgan fingerprint density at radius 3 is 2.87 bits per heavy atom. The zero-order valence-electron chi connectivity index (χ0n) is 11.7. The Balaban J connectivity index is 2.15. The van der Waals surface area contributed by atoms with Crippen molar-refractivity contribution in [3.05, 3.63) is 39.7 Å². The van der Waals surface area contributed by atoms with Crippen LogP contribution in [0.5, 0.6) is 0 Å². The van der Waals surface area contributed by atoms with Gasteiger partial charge in [-0.15, -0.1) is 0 Å². The van der Waals surface area contributed by atoms with Gasteiger partial charge in [0.25, 0.3) is 0 Å². The Labute approximate surface area is 143 Å². The van der Waals surface area contributed by atoms with Crippen molar-refractivity contribution >= 4 is 33.4 Å². The standard InChI is InChI=1S/C13H13BrFN3O4S/c14-9-3-7(1-2-10(9)15)4-11(16-21)12-13(18-22-17-12)23-6-8(20)5-19/h1-3,8,19-21H,4-6H2/b16-11+. The summed E-state index contributed by atoms with van der Waals surface area (Å²) in [5.41, 5.74) is 1.11. The summed E-state index contributed by atoms with van der Waals surface area (Å²) >= 11 is 4.20. The predicted octanol–water partition coefficient (Wildman–Crippen LogP) is 1.84. The van der Waals surface area contributed by atoms with Crippen LogP contribution < -0.4 is 0 Å². The van der Waals surface area contributed by atoms with Gasteiger partial charge in [0.1, 0.15) is 11.5 Å². The first-order valence-electron chi connectivity index (χ1n) is 6.44. The van der Waals surface area contributed by atoms with Gasteiger partial charge in [0.2, 0.25) is 0 Å². The highest BCUT2D eigenvalue weighted by Gasteiger charge is 2.19. The minimum atomic E-state index is -0.910. The summed E-state index contributed by atoms with van der Waals surface area (Å²) in [5, 5.41) is 38.3. The summed E-state index contributed by atoms with van der Waals surface area (Å²) in [7, 11) is 0. The Morgan fingerprint density at radius 1 is 1.43 bits per heavy atom.